The van der Waals surface area contributed by atoms with Gasteiger partial charge in [0.2, 0.25) is 0 Å². The van der Waals surface area contributed by atoms with Gasteiger partial charge in [-0.25, -0.2) is 0 Å². The second-order valence-corrected chi connectivity index (χ2v) is 4.31. The monoisotopic (exact) mass is 239 g/mol. The van der Waals surface area contributed by atoms with E-state index in [1.54, 1.807) is 6.07 Å². The number of aromatic hydroxyl groups is 1. The summed E-state index contributed by atoms with van der Waals surface area (Å²) in [6, 6.07) is 11.3. The van der Waals surface area contributed by atoms with Gasteiger partial charge in [-0.15, -0.1) is 10.2 Å². The Morgan fingerprint density at radius 2 is 1.94 bits per heavy atom. The maximum atomic E-state index is 9.78. The number of rotatable bonds is 2. The van der Waals surface area contributed by atoms with Crippen LogP contribution in [0.2, 0.25) is 0 Å². The molecule has 0 bridgehead atoms. The summed E-state index contributed by atoms with van der Waals surface area (Å²) in [7, 11) is 0. The van der Waals surface area contributed by atoms with Crippen molar-refractivity contribution >= 4 is 5.65 Å². The number of aromatic nitrogens is 3. The summed E-state index contributed by atoms with van der Waals surface area (Å²) in [5.41, 5.74) is 2.81. The number of aryl methyl sites for hydroxylation is 1. The van der Waals surface area contributed by atoms with Crippen LogP contribution in [0, 0.1) is 6.92 Å². The Kier molecular flexibility index (Phi) is 2.48. The third kappa shape index (κ3) is 1.72. The highest BCUT2D eigenvalue weighted by molar-refractivity contribution is 5.47. The topological polar surface area (TPSA) is 50.4 Å². The van der Waals surface area contributed by atoms with Gasteiger partial charge < -0.3 is 5.11 Å². The summed E-state index contributed by atoms with van der Waals surface area (Å²) in [5.74, 6) is 1.12. The average Bonchev–Trinajstić information content (AvgIpc) is 2.77. The number of hydrogen-bond donors (Lipinski definition) is 1. The van der Waals surface area contributed by atoms with Crippen LogP contribution in [-0.4, -0.2) is 19.7 Å². The molecule has 0 radical (unpaired) electrons. The lowest BCUT2D eigenvalue weighted by Gasteiger charge is -2.03. The molecule has 1 N–H and O–H groups in total. The molecule has 1 aromatic carbocycles. The van der Waals surface area contributed by atoms with E-state index in [9.17, 15) is 5.11 Å². The zero-order chi connectivity index (χ0) is 12.5. The van der Waals surface area contributed by atoms with Gasteiger partial charge in [0.25, 0.3) is 0 Å². The van der Waals surface area contributed by atoms with Gasteiger partial charge in [-0.1, -0.05) is 24.3 Å². The standard InChI is InChI=1S/C14H13N3O/c1-10-5-4-8-17-13(15-16-14(10)17)9-11-6-2-3-7-12(11)18/h2-8,18H,9H2,1H3. The Morgan fingerprint density at radius 3 is 2.78 bits per heavy atom. The molecule has 4 heteroatoms. The van der Waals surface area contributed by atoms with E-state index < -0.39 is 0 Å². The molecule has 0 saturated heterocycles. The third-order valence-electron chi connectivity index (χ3n) is 3.04. The van der Waals surface area contributed by atoms with E-state index in [0.29, 0.717) is 12.2 Å². The number of fused-ring (bicyclic) bond motifs is 1. The van der Waals surface area contributed by atoms with Gasteiger partial charge in [0.1, 0.15) is 11.6 Å². The largest absolute Gasteiger partial charge is 0.508 e. The molecule has 0 aliphatic carbocycles. The summed E-state index contributed by atoms with van der Waals surface area (Å²) >= 11 is 0. The van der Waals surface area contributed by atoms with Crippen molar-refractivity contribution < 1.29 is 5.11 Å². The van der Waals surface area contributed by atoms with Gasteiger partial charge >= 0.3 is 0 Å². The highest BCUT2D eigenvalue weighted by Crippen LogP contribution is 2.19. The molecule has 0 atom stereocenters. The zero-order valence-corrected chi connectivity index (χ0v) is 10.0. The first-order valence-electron chi connectivity index (χ1n) is 5.82. The zero-order valence-electron chi connectivity index (χ0n) is 10.0. The molecule has 0 amide bonds. The van der Waals surface area contributed by atoms with E-state index in [1.165, 1.54) is 0 Å². The van der Waals surface area contributed by atoms with Gasteiger partial charge in [-0.05, 0) is 24.6 Å². The van der Waals surface area contributed by atoms with Crippen molar-refractivity contribution in [2.75, 3.05) is 0 Å². The smallest absolute Gasteiger partial charge is 0.163 e. The molecule has 0 unspecified atom stereocenters. The minimum absolute atomic E-state index is 0.293. The Morgan fingerprint density at radius 1 is 1.11 bits per heavy atom. The number of phenols is 1. The fraction of sp³-hybridized carbons (Fsp3) is 0.143. The van der Waals surface area contributed by atoms with Crippen LogP contribution in [0.5, 0.6) is 5.75 Å². The average molecular weight is 239 g/mol. The SMILES string of the molecule is Cc1cccn2c(Cc3ccccc3O)nnc12. The molecule has 4 nitrogen and oxygen atoms in total. The molecule has 0 aliphatic rings. The molecule has 3 rings (SSSR count). The fourth-order valence-electron chi connectivity index (χ4n) is 2.05. The lowest BCUT2D eigenvalue weighted by molar-refractivity contribution is 0.469. The normalized spacial score (nSPS) is 10.9. The van der Waals surface area contributed by atoms with E-state index in [4.69, 9.17) is 0 Å². The summed E-state index contributed by atoms with van der Waals surface area (Å²) in [5, 5.41) is 18.1. The van der Waals surface area contributed by atoms with Crippen LogP contribution in [0.1, 0.15) is 17.0 Å². The van der Waals surface area contributed by atoms with Crippen LogP contribution in [0.25, 0.3) is 5.65 Å². The van der Waals surface area contributed by atoms with Crippen molar-refractivity contribution in [1.29, 1.82) is 0 Å². The lowest BCUT2D eigenvalue weighted by Crippen LogP contribution is -1.97. The number of phenolic OH excluding ortho intramolecular Hbond substituents is 1. The molecule has 0 saturated carbocycles. The Labute approximate surface area is 105 Å². The number of nitrogens with zero attached hydrogens (tertiary/aromatic N) is 3. The molecule has 3 aromatic rings. The lowest BCUT2D eigenvalue weighted by atomic mass is 10.1. The molecular weight excluding hydrogens is 226 g/mol. The Hall–Kier alpha value is -2.36. The van der Waals surface area contributed by atoms with E-state index in [1.807, 2.05) is 47.9 Å². The van der Waals surface area contributed by atoms with Gasteiger partial charge in [-0.3, -0.25) is 4.40 Å². The molecule has 90 valence electrons. The predicted molar refractivity (Wildman–Crippen MR) is 68.6 cm³/mol. The first-order chi connectivity index (χ1) is 8.75. The van der Waals surface area contributed by atoms with E-state index in [0.717, 1.165) is 22.6 Å². The highest BCUT2D eigenvalue weighted by Gasteiger charge is 2.09. The van der Waals surface area contributed by atoms with Crippen LogP contribution in [0.3, 0.4) is 0 Å². The van der Waals surface area contributed by atoms with Crippen molar-refractivity contribution in [3.05, 3.63) is 59.5 Å². The predicted octanol–water partition coefficient (Wildman–Crippen LogP) is 2.33. The first kappa shape index (κ1) is 10.8. The van der Waals surface area contributed by atoms with Crippen LogP contribution in [-0.2, 0) is 6.42 Å². The Balaban J connectivity index is 2.06. The van der Waals surface area contributed by atoms with Crippen LogP contribution in [0.4, 0.5) is 0 Å². The minimum Gasteiger partial charge on any atom is -0.508 e. The van der Waals surface area contributed by atoms with Crippen LogP contribution >= 0.6 is 0 Å². The number of benzene rings is 1. The minimum atomic E-state index is 0.293. The number of para-hydroxylation sites is 1. The van der Waals surface area contributed by atoms with Crippen molar-refractivity contribution in [2.45, 2.75) is 13.3 Å². The third-order valence-corrected chi connectivity index (χ3v) is 3.04. The molecular formula is C14H13N3O. The maximum absolute atomic E-state index is 9.78. The quantitative estimate of drug-likeness (QED) is 0.746. The second kappa shape index (κ2) is 4.14. The van der Waals surface area contributed by atoms with Crippen molar-refractivity contribution in [3.63, 3.8) is 0 Å². The second-order valence-electron chi connectivity index (χ2n) is 4.31. The summed E-state index contributed by atoms with van der Waals surface area (Å²) in [6.07, 6.45) is 2.51. The summed E-state index contributed by atoms with van der Waals surface area (Å²) in [4.78, 5) is 0. The van der Waals surface area contributed by atoms with E-state index in [2.05, 4.69) is 10.2 Å². The summed E-state index contributed by atoms with van der Waals surface area (Å²) in [6.45, 7) is 2.01. The molecule has 18 heavy (non-hydrogen) atoms. The molecule has 0 fully saturated rings. The maximum Gasteiger partial charge on any atom is 0.163 e. The van der Waals surface area contributed by atoms with Crippen molar-refractivity contribution in [2.24, 2.45) is 0 Å². The van der Waals surface area contributed by atoms with Gasteiger partial charge in [0, 0.05) is 18.2 Å². The van der Waals surface area contributed by atoms with Crippen LogP contribution < -0.4 is 0 Å². The summed E-state index contributed by atoms with van der Waals surface area (Å²) < 4.78 is 1.96. The van der Waals surface area contributed by atoms with Crippen LogP contribution in [0.15, 0.2) is 42.6 Å². The molecule has 2 aromatic heterocycles. The molecule has 2 heterocycles. The highest BCUT2D eigenvalue weighted by atomic mass is 16.3. The van der Waals surface area contributed by atoms with Crippen molar-refractivity contribution in [3.8, 4) is 5.75 Å². The molecule has 0 aliphatic heterocycles. The fourth-order valence-corrected chi connectivity index (χ4v) is 2.05. The number of hydrogen-bond acceptors (Lipinski definition) is 3. The molecule has 0 spiro atoms. The van der Waals surface area contributed by atoms with Gasteiger partial charge in [0.15, 0.2) is 5.65 Å². The van der Waals surface area contributed by atoms with Gasteiger partial charge in [-0.2, -0.15) is 0 Å². The van der Waals surface area contributed by atoms with Crippen molar-refractivity contribution in [1.82, 2.24) is 14.6 Å². The number of pyridine rings is 1. The van der Waals surface area contributed by atoms with E-state index in [-0.39, 0.29) is 0 Å². The van der Waals surface area contributed by atoms with E-state index >= 15 is 0 Å². The Bertz CT molecular complexity index is 703. The first-order valence-corrected chi connectivity index (χ1v) is 5.82. The van der Waals surface area contributed by atoms with Gasteiger partial charge in [0.05, 0.1) is 0 Å².